The highest BCUT2D eigenvalue weighted by molar-refractivity contribution is 8.18. The number of carbonyl (C=O) groups is 1. The van der Waals surface area contributed by atoms with Crippen LogP contribution in [0, 0.1) is 0 Å². The van der Waals surface area contributed by atoms with Gasteiger partial charge in [0.05, 0.1) is 23.1 Å². The van der Waals surface area contributed by atoms with Crippen LogP contribution >= 0.6 is 11.8 Å². The van der Waals surface area contributed by atoms with E-state index < -0.39 is 0 Å². The van der Waals surface area contributed by atoms with E-state index in [0.29, 0.717) is 22.4 Å². The smallest absolute Gasteiger partial charge is 0.266 e. The quantitative estimate of drug-likeness (QED) is 0.816. The molecule has 0 spiro atoms. The van der Waals surface area contributed by atoms with Crippen LogP contribution in [-0.2, 0) is 4.79 Å². The second-order valence-electron chi connectivity index (χ2n) is 4.28. The van der Waals surface area contributed by atoms with Crippen LogP contribution in [0.2, 0.25) is 0 Å². The summed E-state index contributed by atoms with van der Waals surface area (Å²) in [6.45, 7) is 2.49. The highest BCUT2D eigenvalue weighted by Gasteiger charge is 2.32. The lowest BCUT2D eigenvalue weighted by atomic mass is 10.3. The molecular formula is C15H13N3O2S. The third kappa shape index (κ3) is 2.90. The first-order valence-corrected chi connectivity index (χ1v) is 7.33. The molecule has 1 aliphatic rings. The van der Waals surface area contributed by atoms with Crippen molar-refractivity contribution in [3.05, 3.63) is 53.6 Å². The second-order valence-corrected chi connectivity index (χ2v) is 5.29. The number of aliphatic imine (C=N–C) groups is 1. The first-order chi connectivity index (χ1) is 10.3. The van der Waals surface area contributed by atoms with Crippen molar-refractivity contribution in [1.29, 1.82) is 0 Å². The Morgan fingerprint density at radius 2 is 2.33 bits per heavy atom. The molecule has 2 aromatic rings. The van der Waals surface area contributed by atoms with Crippen molar-refractivity contribution < 1.29 is 9.21 Å². The summed E-state index contributed by atoms with van der Waals surface area (Å²) in [6.07, 6.45) is 6.68. The number of carbonyl (C=O) groups excluding carboxylic acids is 1. The molecule has 3 heterocycles. The predicted molar refractivity (Wildman–Crippen MR) is 83.0 cm³/mol. The summed E-state index contributed by atoms with van der Waals surface area (Å²) in [6, 6.07) is 7.27. The average molecular weight is 299 g/mol. The lowest BCUT2D eigenvalue weighted by Crippen LogP contribution is -2.28. The summed E-state index contributed by atoms with van der Waals surface area (Å²) >= 11 is 1.34. The van der Waals surface area contributed by atoms with Crippen LogP contribution in [-0.4, -0.2) is 27.5 Å². The minimum absolute atomic E-state index is 0.0541. The van der Waals surface area contributed by atoms with Gasteiger partial charge in [-0.2, -0.15) is 0 Å². The number of pyridine rings is 1. The monoisotopic (exact) mass is 299 g/mol. The molecule has 2 aromatic heterocycles. The fourth-order valence-electron chi connectivity index (χ4n) is 1.90. The van der Waals surface area contributed by atoms with Crippen molar-refractivity contribution in [1.82, 2.24) is 9.88 Å². The van der Waals surface area contributed by atoms with Gasteiger partial charge < -0.3 is 4.42 Å². The lowest BCUT2D eigenvalue weighted by molar-refractivity contribution is -0.122. The zero-order valence-electron chi connectivity index (χ0n) is 11.4. The van der Waals surface area contributed by atoms with Gasteiger partial charge in [-0.05, 0) is 43.0 Å². The zero-order valence-corrected chi connectivity index (χ0v) is 12.2. The minimum atomic E-state index is -0.0541. The Hall–Kier alpha value is -2.34. The van der Waals surface area contributed by atoms with Crippen LogP contribution in [0.1, 0.15) is 12.7 Å². The van der Waals surface area contributed by atoms with Crippen molar-refractivity contribution in [2.24, 2.45) is 4.99 Å². The second kappa shape index (κ2) is 5.97. The van der Waals surface area contributed by atoms with Gasteiger partial charge in [-0.1, -0.05) is 0 Å². The molecule has 0 bridgehead atoms. The number of thioether (sulfide) groups is 1. The summed E-state index contributed by atoms with van der Waals surface area (Å²) < 4.78 is 5.26. The molecule has 6 heteroatoms. The number of amidine groups is 1. The molecule has 0 saturated carbocycles. The molecule has 0 N–H and O–H groups in total. The molecule has 1 saturated heterocycles. The SMILES string of the molecule is CCN1C(=O)/C(=C\c2ccco2)SC1=Nc1cccnc1. The molecular weight excluding hydrogens is 286 g/mol. The Balaban J connectivity index is 1.92. The number of nitrogens with zero attached hydrogens (tertiary/aromatic N) is 3. The summed E-state index contributed by atoms with van der Waals surface area (Å²) in [5.41, 5.74) is 0.727. The average Bonchev–Trinajstić information content (AvgIpc) is 3.10. The van der Waals surface area contributed by atoms with E-state index in [2.05, 4.69) is 9.98 Å². The van der Waals surface area contributed by atoms with Crippen LogP contribution in [0.5, 0.6) is 0 Å². The fraction of sp³-hybridized carbons (Fsp3) is 0.133. The summed E-state index contributed by atoms with van der Waals surface area (Å²) in [7, 11) is 0. The van der Waals surface area contributed by atoms with Gasteiger partial charge in [0.1, 0.15) is 5.76 Å². The highest BCUT2D eigenvalue weighted by atomic mass is 32.2. The van der Waals surface area contributed by atoms with Gasteiger partial charge in [-0.15, -0.1) is 0 Å². The maximum Gasteiger partial charge on any atom is 0.266 e. The third-order valence-corrected chi connectivity index (χ3v) is 3.90. The van der Waals surface area contributed by atoms with E-state index in [1.165, 1.54) is 11.8 Å². The maximum atomic E-state index is 12.4. The van der Waals surface area contributed by atoms with Crippen LogP contribution in [0.15, 0.2) is 57.2 Å². The number of aromatic nitrogens is 1. The van der Waals surface area contributed by atoms with Crippen molar-refractivity contribution in [3.8, 4) is 0 Å². The Bertz CT molecular complexity index is 693. The van der Waals surface area contributed by atoms with Gasteiger partial charge in [0.2, 0.25) is 0 Å². The van der Waals surface area contributed by atoms with Gasteiger partial charge in [-0.25, -0.2) is 4.99 Å². The molecule has 5 nitrogen and oxygen atoms in total. The van der Waals surface area contributed by atoms with Crippen LogP contribution < -0.4 is 0 Å². The molecule has 1 amide bonds. The summed E-state index contributed by atoms with van der Waals surface area (Å²) in [5.74, 6) is 0.603. The zero-order chi connectivity index (χ0) is 14.7. The predicted octanol–water partition coefficient (Wildman–Crippen LogP) is 3.30. The van der Waals surface area contributed by atoms with Gasteiger partial charge in [0, 0.05) is 18.8 Å². The van der Waals surface area contributed by atoms with Crippen molar-refractivity contribution in [2.45, 2.75) is 6.92 Å². The number of furan rings is 1. The van der Waals surface area contributed by atoms with Gasteiger partial charge in [0.15, 0.2) is 5.17 Å². The molecule has 0 unspecified atom stereocenters. The largest absolute Gasteiger partial charge is 0.465 e. The van der Waals surface area contributed by atoms with E-state index in [4.69, 9.17) is 4.42 Å². The Morgan fingerprint density at radius 1 is 1.43 bits per heavy atom. The normalized spacial score (nSPS) is 18.9. The first kappa shape index (κ1) is 13.6. The van der Waals surface area contributed by atoms with Crippen molar-refractivity contribution in [3.63, 3.8) is 0 Å². The number of rotatable bonds is 3. The van der Waals surface area contributed by atoms with Crippen LogP contribution in [0.25, 0.3) is 6.08 Å². The van der Waals surface area contributed by atoms with E-state index in [1.807, 2.05) is 25.1 Å². The first-order valence-electron chi connectivity index (χ1n) is 6.51. The lowest BCUT2D eigenvalue weighted by Gasteiger charge is -2.11. The van der Waals surface area contributed by atoms with Crippen molar-refractivity contribution in [2.75, 3.05) is 6.54 Å². The summed E-state index contributed by atoms with van der Waals surface area (Å²) in [5, 5.41) is 0.660. The topological polar surface area (TPSA) is 58.7 Å². The van der Waals surface area contributed by atoms with E-state index >= 15 is 0 Å². The molecule has 0 aromatic carbocycles. The number of amides is 1. The van der Waals surface area contributed by atoms with Crippen LogP contribution in [0.3, 0.4) is 0 Å². The standard InChI is InChI=1S/C15H13N3O2S/c1-2-18-14(19)13(9-12-6-4-8-20-12)21-15(18)17-11-5-3-7-16-10-11/h3-10H,2H2,1H3/b13-9+,17-15?. The Morgan fingerprint density at radius 3 is 3.00 bits per heavy atom. The Kier molecular flexibility index (Phi) is 3.87. The molecule has 3 rings (SSSR count). The molecule has 0 aliphatic carbocycles. The number of hydrogen-bond acceptors (Lipinski definition) is 5. The molecule has 1 aliphatic heterocycles. The molecule has 0 radical (unpaired) electrons. The summed E-state index contributed by atoms with van der Waals surface area (Å²) in [4.78, 5) is 23.1. The number of likely N-dealkylation sites (N-methyl/N-ethyl adjacent to an activating group) is 1. The van der Waals surface area contributed by atoms with Gasteiger partial charge in [-0.3, -0.25) is 14.7 Å². The van der Waals surface area contributed by atoms with Gasteiger partial charge >= 0.3 is 0 Å². The highest BCUT2D eigenvalue weighted by Crippen LogP contribution is 2.33. The van der Waals surface area contributed by atoms with E-state index in [1.54, 1.807) is 35.7 Å². The van der Waals surface area contributed by atoms with Crippen LogP contribution in [0.4, 0.5) is 5.69 Å². The maximum absolute atomic E-state index is 12.4. The van der Waals surface area contributed by atoms with E-state index in [9.17, 15) is 4.79 Å². The van der Waals surface area contributed by atoms with Gasteiger partial charge in [0.25, 0.3) is 5.91 Å². The molecule has 1 fully saturated rings. The Labute approximate surface area is 126 Å². The molecule has 106 valence electrons. The minimum Gasteiger partial charge on any atom is -0.465 e. The van der Waals surface area contributed by atoms with E-state index in [-0.39, 0.29) is 5.91 Å². The van der Waals surface area contributed by atoms with Crippen molar-refractivity contribution >= 4 is 34.6 Å². The van der Waals surface area contributed by atoms with E-state index in [0.717, 1.165) is 5.69 Å². The fourth-order valence-corrected chi connectivity index (χ4v) is 2.95. The number of hydrogen-bond donors (Lipinski definition) is 0. The third-order valence-electron chi connectivity index (χ3n) is 2.89. The molecule has 0 atom stereocenters. The molecule has 21 heavy (non-hydrogen) atoms.